The van der Waals surface area contributed by atoms with Crippen LogP contribution in [0, 0.1) is 29.6 Å². The largest absolute Gasteiger partial charge is 0.480 e. The van der Waals surface area contributed by atoms with Crippen LogP contribution in [0.15, 0.2) is 47.4 Å². The van der Waals surface area contributed by atoms with E-state index in [-0.39, 0.29) is 17.4 Å². The molecule has 0 aliphatic heterocycles. The maximum atomic E-state index is 13.3. The van der Waals surface area contributed by atoms with E-state index in [1.165, 1.54) is 42.7 Å². The van der Waals surface area contributed by atoms with Gasteiger partial charge in [-0.25, -0.2) is 0 Å². The van der Waals surface area contributed by atoms with Crippen molar-refractivity contribution >= 4 is 12.3 Å². The molecule has 0 amide bonds. The number of pyridine rings is 1. The van der Waals surface area contributed by atoms with Crippen LogP contribution >= 0.6 is 0 Å². The van der Waals surface area contributed by atoms with Gasteiger partial charge in [0.1, 0.15) is 5.75 Å². The van der Waals surface area contributed by atoms with Gasteiger partial charge in [-0.3, -0.25) is 19.0 Å². The number of carbonyl (C=O) groups excluding carboxylic acids is 2. The summed E-state index contributed by atoms with van der Waals surface area (Å²) < 4.78 is 13.7. The minimum Gasteiger partial charge on any atom is -0.480 e. The summed E-state index contributed by atoms with van der Waals surface area (Å²) in [4.78, 5) is 38.2. The number of ether oxygens (including phenoxy) is 2. The Morgan fingerprint density at radius 1 is 0.950 bits per heavy atom. The molecule has 3 aliphatic rings. The molecule has 1 heterocycles. The van der Waals surface area contributed by atoms with Gasteiger partial charge < -0.3 is 9.47 Å². The molecule has 0 spiro atoms. The Labute approximate surface area is 238 Å². The lowest BCUT2D eigenvalue weighted by molar-refractivity contribution is -0.140. The predicted octanol–water partition coefficient (Wildman–Crippen LogP) is 7.29. The van der Waals surface area contributed by atoms with Crippen LogP contribution in [0.3, 0.4) is 0 Å². The lowest BCUT2D eigenvalue weighted by atomic mass is 9.69. The highest BCUT2D eigenvalue weighted by atomic mass is 16.5. The van der Waals surface area contributed by atoms with Gasteiger partial charge in [0.2, 0.25) is 0 Å². The average molecular weight is 548 g/mol. The first-order valence-electron chi connectivity index (χ1n) is 15.6. The van der Waals surface area contributed by atoms with Crippen molar-refractivity contribution in [1.29, 1.82) is 0 Å². The van der Waals surface area contributed by atoms with Crippen LogP contribution in [0.25, 0.3) is 5.69 Å². The maximum absolute atomic E-state index is 13.3. The molecule has 216 valence electrons. The Kier molecular flexibility index (Phi) is 9.12. The van der Waals surface area contributed by atoms with Gasteiger partial charge in [0.25, 0.3) is 5.56 Å². The summed E-state index contributed by atoms with van der Waals surface area (Å²) in [5.41, 5.74) is -0.646. The molecule has 0 saturated heterocycles. The summed E-state index contributed by atoms with van der Waals surface area (Å²) in [6.07, 6.45) is 16.4. The zero-order chi connectivity index (χ0) is 28.1. The predicted molar refractivity (Wildman–Crippen MR) is 156 cm³/mol. The third-order valence-corrected chi connectivity index (χ3v) is 10.1. The smallest absolute Gasteiger partial charge is 0.314 e. The Hall–Kier alpha value is -2.89. The number of carbonyl (C=O) groups is 2. The number of hydrogen-bond acceptors (Lipinski definition) is 5. The number of aromatic nitrogens is 1. The summed E-state index contributed by atoms with van der Waals surface area (Å²) in [7, 11) is 0. The van der Waals surface area contributed by atoms with Crippen LogP contribution in [0.5, 0.6) is 11.5 Å². The Balaban J connectivity index is 1.29. The van der Waals surface area contributed by atoms with Gasteiger partial charge in [0, 0.05) is 18.3 Å². The van der Waals surface area contributed by atoms with Crippen molar-refractivity contribution in [2.75, 3.05) is 0 Å². The van der Waals surface area contributed by atoms with E-state index in [1.54, 1.807) is 36.5 Å². The Bertz CT molecular complexity index is 1210. The van der Waals surface area contributed by atoms with E-state index < -0.39 is 5.60 Å². The van der Waals surface area contributed by atoms with Crippen molar-refractivity contribution in [2.24, 2.45) is 29.6 Å². The maximum Gasteiger partial charge on any atom is 0.314 e. The Morgan fingerprint density at radius 2 is 1.62 bits per heavy atom. The normalized spacial score (nSPS) is 30.8. The molecule has 3 fully saturated rings. The van der Waals surface area contributed by atoms with E-state index in [0.717, 1.165) is 62.6 Å². The summed E-state index contributed by atoms with van der Waals surface area (Å²) in [5.74, 6) is 3.49. The minimum absolute atomic E-state index is 0.123. The second-order valence-corrected chi connectivity index (χ2v) is 12.7. The molecule has 2 aromatic rings. The molecule has 1 aromatic heterocycles. The van der Waals surface area contributed by atoms with Crippen LogP contribution in [-0.4, -0.2) is 22.4 Å². The van der Waals surface area contributed by atoms with Crippen LogP contribution < -0.4 is 15.0 Å². The zero-order valence-electron chi connectivity index (χ0n) is 24.2. The minimum atomic E-state index is -0.863. The van der Waals surface area contributed by atoms with Crippen molar-refractivity contribution in [3.8, 4) is 17.2 Å². The first-order chi connectivity index (χ1) is 19.4. The quantitative estimate of drug-likeness (QED) is 0.197. The first-order valence-corrected chi connectivity index (χ1v) is 15.6. The standard InChI is InChI=1S/C34H45NO5/c1-3-25-7-9-26(10-8-25)27-11-13-28(14-12-27)33(38)39-31-16-15-29(22-30(31)35-21-5-4-6-32(35)37)40-34(23-36)19-17-24(2)18-20-34/h4-6,15-16,21-28H,3,7-14,17-20H2,1-2H3. The molecule has 0 N–H and O–H groups in total. The van der Waals surface area contributed by atoms with Crippen molar-refractivity contribution < 1.29 is 19.1 Å². The van der Waals surface area contributed by atoms with Gasteiger partial charge in [-0.2, -0.15) is 0 Å². The van der Waals surface area contributed by atoms with Gasteiger partial charge in [-0.15, -0.1) is 0 Å². The van der Waals surface area contributed by atoms with Crippen molar-refractivity contribution in [1.82, 2.24) is 4.57 Å². The molecule has 5 rings (SSSR count). The first kappa shape index (κ1) is 28.6. The van der Waals surface area contributed by atoms with Gasteiger partial charge in [0.05, 0.1) is 11.6 Å². The highest BCUT2D eigenvalue weighted by Crippen LogP contribution is 2.42. The van der Waals surface area contributed by atoms with Crippen molar-refractivity contribution in [3.05, 3.63) is 52.9 Å². The molecule has 0 radical (unpaired) electrons. The molecule has 40 heavy (non-hydrogen) atoms. The van der Waals surface area contributed by atoms with Crippen LogP contribution in [0.4, 0.5) is 0 Å². The fraction of sp³-hybridized carbons (Fsp3) is 0.618. The number of aldehydes is 1. The number of rotatable bonds is 8. The third-order valence-electron chi connectivity index (χ3n) is 10.1. The second kappa shape index (κ2) is 12.7. The molecule has 0 bridgehead atoms. The second-order valence-electron chi connectivity index (χ2n) is 12.7. The lowest BCUT2D eigenvalue weighted by Crippen LogP contribution is -2.41. The van der Waals surface area contributed by atoms with Gasteiger partial charge in [-0.05, 0) is 106 Å². The monoisotopic (exact) mass is 547 g/mol. The molecule has 3 aliphatic carbocycles. The zero-order valence-corrected chi connectivity index (χ0v) is 24.2. The van der Waals surface area contributed by atoms with Crippen molar-refractivity contribution in [2.45, 2.75) is 103 Å². The molecular weight excluding hydrogens is 502 g/mol. The summed E-state index contributed by atoms with van der Waals surface area (Å²) >= 11 is 0. The highest BCUT2D eigenvalue weighted by Gasteiger charge is 2.37. The molecule has 6 nitrogen and oxygen atoms in total. The molecule has 3 saturated carbocycles. The number of hydrogen-bond donors (Lipinski definition) is 0. The summed E-state index contributed by atoms with van der Waals surface area (Å²) in [6, 6.07) is 10.1. The number of esters is 1. The molecule has 1 aromatic carbocycles. The topological polar surface area (TPSA) is 74.6 Å². The van der Waals surface area contributed by atoms with Crippen molar-refractivity contribution in [3.63, 3.8) is 0 Å². The molecule has 6 heteroatoms. The van der Waals surface area contributed by atoms with E-state index >= 15 is 0 Å². The van der Waals surface area contributed by atoms with E-state index in [0.29, 0.717) is 35.9 Å². The summed E-state index contributed by atoms with van der Waals surface area (Å²) in [6.45, 7) is 4.50. The van der Waals surface area contributed by atoms with Gasteiger partial charge in [-0.1, -0.05) is 39.2 Å². The van der Waals surface area contributed by atoms with E-state index in [9.17, 15) is 14.4 Å². The van der Waals surface area contributed by atoms with E-state index in [4.69, 9.17) is 9.47 Å². The molecule has 0 atom stereocenters. The number of nitrogens with zero attached hydrogens (tertiary/aromatic N) is 1. The Morgan fingerprint density at radius 3 is 2.25 bits per heavy atom. The fourth-order valence-electron chi connectivity index (χ4n) is 7.28. The van der Waals surface area contributed by atoms with E-state index in [2.05, 4.69) is 13.8 Å². The number of benzene rings is 1. The highest BCUT2D eigenvalue weighted by molar-refractivity contribution is 5.76. The lowest BCUT2D eigenvalue weighted by Gasteiger charge is -2.37. The molecular formula is C34H45NO5. The summed E-state index contributed by atoms with van der Waals surface area (Å²) in [5, 5.41) is 0. The van der Waals surface area contributed by atoms with Crippen LogP contribution in [0.2, 0.25) is 0 Å². The van der Waals surface area contributed by atoms with Gasteiger partial charge >= 0.3 is 5.97 Å². The third kappa shape index (κ3) is 6.53. The fourth-order valence-corrected chi connectivity index (χ4v) is 7.28. The van der Waals surface area contributed by atoms with Crippen LogP contribution in [-0.2, 0) is 9.59 Å². The molecule has 0 unspecified atom stereocenters. The average Bonchev–Trinajstić information content (AvgIpc) is 2.99. The SMILES string of the molecule is CCC1CCC(C2CCC(C(=O)Oc3ccc(OC4(C=O)CCC(C)CC4)cc3-n3ccccc3=O)CC2)CC1. The van der Waals surface area contributed by atoms with E-state index in [1.807, 2.05) is 0 Å². The van der Waals surface area contributed by atoms with Crippen LogP contribution in [0.1, 0.15) is 97.3 Å². The van der Waals surface area contributed by atoms with Gasteiger partial charge in [0.15, 0.2) is 17.6 Å².